The summed E-state index contributed by atoms with van der Waals surface area (Å²) in [7, 11) is 0. The molecule has 1 aliphatic carbocycles. The molecule has 2 amide bonds. The van der Waals surface area contributed by atoms with E-state index in [0.29, 0.717) is 11.3 Å². The number of nitrogens with one attached hydrogen (secondary N) is 2. The van der Waals surface area contributed by atoms with Crippen molar-refractivity contribution < 1.29 is 9.59 Å². The van der Waals surface area contributed by atoms with Gasteiger partial charge in [0.05, 0.1) is 0 Å². The lowest BCUT2D eigenvalue weighted by Crippen LogP contribution is -2.39. The fourth-order valence-electron chi connectivity index (χ4n) is 3.08. The van der Waals surface area contributed by atoms with Gasteiger partial charge in [-0.3, -0.25) is 9.59 Å². The minimum atomic E-state index is -0.266. The van der Waals surface area contributed by atoms with Crippen LogP contribution < -0.4 is 10.6 Å². The average Bonchev–Trinajstić information content (AvgIpc) is 3.30. The number of benzene rings is 1. The summed E-state index contributed by atoms with van der Waals surface area (Å²) in [6.45, 7) is 3.98. The van der Waals surface area contributed by atoms with E-state index in [1.165, 1.54) is 11.3 Å². The standard InChI is InChI=1S/C21H24N2O2S/c1-14-9-10-16(12-15(14)2)20(24)23-19(13-18-8-5-11-26-18)21(25)22-17-6-3-4-7-17/h5,8-13,17H,3-4,6-7H2,1-2H3,(H,22,25)(H,23,24). The van der Waals surface area contributed by atoms with E-state index in [2.05, 4.69) is 10.6 Å². The van der Waals surface area contributed by atoms with E-state index < -0.39 is 0 Å². The Morgan fingerprint density at radius 1 is 1.12 bits per heavy atom. The molecular weight excluding hydrogens is 344 g/mol. The molecule has 1 aromatic carbocycles. The molecule has 1 saturated carbocycles. The van der Waals surface area contributed by atoms with Crippen LogP contribution >= 0.6 is 11.3 Å². The van der Waals surface area contributed by atoms with E-state index in [1.54, 1.807) is 12.1 Å². The molecule has 0 bridgehead atoms. The van der Waals surface area contributed by atoms with Crippen LogP contribution in [-0.4, -0.2) is 17.9 Å². The Morgan fingerprint density at radius 3 is 2.54 bits per heavy atom. The molecule has 3 rings (SSSR count). The van der Waals surface area contributed by atoms with Crippen molar-refractivity contribution in [1.82, 2.24) is 10.6 Å². The summed E-state index contributed by atoms with van der Waals surface area (Å²) in [5.41, 5.74) is 3.04. The van der Waals surface area contributed by atoms with Crippen molar-refractivity contribution in [1.29, 1.82) is 0 Å². The summed E-state index contributed by atoms with van der Waals surface area (Å²) >= 11 is 1.53. The molecule has 2 aromatic rings. The number of hydrogen-bond acceptors (Lipinski definition) is 3. The summed E-state index contributed by atoms with van der Waals surface area (Å²) in [6.07, 6.45) is 6.04. The van der Waals surface area contributed by atoms with Crippen LogP contribution in [0.4, 0.5) is 0 Å². The smallest absolute Gasteiger partial charge is 0.268 e. The summed E-state index contributed by atoms with van der Waals surface area (Å²) < 4.78 is 0. The highest BCUT2D eigenvalue weighted by Gasteiger charge is 2.21. The maximum Gasteiger partial charge on any atom is 0.268 e. The maximum absolute atomic E-state index is 12.7. The topological polar surface area (TPSA) is 58.2 Å². The van der Waals surface area contributed by atoms with Crippen LogP contribution in [0.15, 0.2) is 41.4 Å². The highest BCUT2D eigenvalue weighted by Crippen LogP contribution is 2.19. The molecule has 1 aromatic heterocycles. The highest BCUT2D eigenvalue weighted by atomic mass is 32.1. The van der Waals surface area contributed by atoms with E-state index in [1.807, 2.05) is 43.5 Å². The minimum absolute atomic E-state index is 0.202. The second kappa shape index (κ2) is 8.32. The number of thiophene rings is 1. The van der Waals surface area contributed by atoms with E-state index in [4.69, 9.17) is 0 Å². The summed E-state index contributed by atoms with van der Waals surface area (Å²) in [5, 5.41) is 7.81. The largest absolute Gasteiger partial charge is 0.348 e. The first-order valence-corrected chi connectivity index (χ1v) is 9.85. The van der Waals surface area contributed by atoms with Gasteiger partial charge in [-0.15, -0.1) is 11.3 Å². The van der Waals surface area contributed by atoms with Crippen molar-refractivity contribution in [2.24, 2.45) is 0 Å². The van der Waals surface area contributed by atoms with Crippen LogP contribution in [0.3, 0.4) is 0 Å². The first-order valence-electron chi connectivity index (χ1n) is 8.97. The molecule has 136 valence electrons. The second-order valence-electron chi connectivity index (χ2n) is 6.78. The number of rotatable bonds is 5. The van der Waals surface area contributed by atoms with Crippen molar-refractivity contribution in [3.8, 4) is 0 Å². The normalized spacial score (nSPS) is 15.1. The van der Waals surface area contributed by atoms with Crippen molar-refractivity contribution >= 4 is 29.2 Å². The zero-order valence-corrected chi connectivity index (χ0v) is 16.0. The molecule has 2 N–H and O–H groups in total. The van der Waals surface area contributed by atoms with E-state index in [-0.39, 0.29) is 17.9 Å². The Labute approximate surface area is 158 Å². The first kappa shape index (κ1) is 18.4. The van der Waals surface area contributed by atoms with Crippen LogP contribution in [0.5, 0.6) is 0 Å². The third-order valence-electron chi connectivity index (χ3n) is 4.78. The molecule has 0 aliphatic heterocycles. The number of hydrogen-bond donors (Lipinski definition) is 2. The van der Waals surface area contributed by atoms with Crippen molar-refractivity contribution in [2.75, 3.05) is 0 Å². The Bertz CT molecular complexity index is 819. The summed E-state index contributed by atoms with van der Waals surface area (Å²) in [6, 6.07) is 9.61. The van der Waals surface area contributed by atoms with Crippen molar-refractivity contribution in [3.05, 3.63) is 63.0 Å². The van der Waals surface area contributed by atoms with Gasteiger partial charge in [0.2, 0.25) is 0 Å². The van der Waals surface area contributed by atoms with Gasteiger partial charge in [-0.25, -0.2) is 0 Å². The monoisotopic (exact) mass is 368 g/mol. The van der Waals surface area contributed by atoms with Crippen LogP contribution in [0.25, 0.3) is 6.08 Å². The van der Waals surface area contributed by atoms with Gasteiger partial charge in [0, 0.05) is 16.5 Å². The van der Waals surface area contributed by atoms with Gasteiger partial charge in [-0.1, -0.05) is 25.0 Å². The van der Waals surface area contributed by atoms with Gasteiger partial charge in [-0.05, 0) is 67.5 Å². The summed E-state index contributed by atoms with van der Waals surface area (Å²) in [5.74, 6) is -0.486. The van der Waals surface area contributed by atoms with Gasteiger partial charge in [-0.2, -0.15) is 0 Å². The predicted octanol–water partition coefficient (Wildman–Crippen LogP) is 4.19. The molecule has 0 radical (unpaired) electrons. The lowest BCUT2D eigenvalue weighted by Gasteiger charge is -2.15. The molecule has 1 aliphatic rings. The van der Waals surface area contributed by atoms with Crippen LogP contribution in [-0.2, 0) is 4.79 Å². The molecule has 5 heteroatoms. The molecule has 0 unspecified atom stereocenters. The molecule has 0 atom stereocenters. The fourth-order valence-corrected chi connectivity index (χ4v) is 3.74. The van der Waals surface area contributed by atoms with Gasteiger partial charge in [0.1, 0.15) is 5.70 Å². The number of amides is 2. The van der Waals surface area contributed by atoms with Crippen LogP contribution in [0, 0.1) is 13.8 Å². The van der Waals surface area contributed by atoms with Gasteiger partial charge in [0.25, 0.3) is 11.8 Å². The molecule has 1 fully saturated rings. The Balaban J connectivity index is 1.79. The van der Waals surface area contributed by atoms with Gasteiger partial charge < -0.3 is 10.6 Å². The average molecular weight is 369 g/mol. The Kier molecular flexibility index (Phi) is 5.89. The molecular formula is C21H24N2O2S. The Hall–Kier alpha value is -2.40. The molecule has 0 saturated heterocycles. The highest BCUT2D eigenvalue weighted by molar-refractivity contribution is 7.10. The lowest BCUT2D eigenvalue weighted by atomic mass is 10.1. The van der Waals surface area contributed by atoms with E-state index in [9.17, 15) is 9.59 Å². The molecule has 1 heterocycles. The third kappa shape index (κ3) is 4.61. The zero-order chi connectivity index (χ0) is 18.5. The molecule has 4 nitrogen and oxygen atoms in total. The number of carbonyl (C=O) groups is 2. The summed E-state index contributed by atoms with van der Waals surface area (Å²) in [4.78, 5) is 26.3. The van der Waals surface area contributed by atoms with E-state index in [0.717, 1.165) is 41.7 Å². The molecule has 0 spiro atoms. The fraction of sp³-hybridized carbons (Fsp3) is 0.333. The zero-order valence-electron chi connectivity index (χ0n) is 15.2. The third-order valence-corrected chi connectivity index (χ3v) is 5.60. The van der Waals surface area contributed by atoms with Crippen LogP contribution in [0.2, 0.25) is 0 Å². The lowest BCUT2D eigenvalue weighted by molar-refractivity contribution is -0.118. The minimum Gasteiger partial charge on any atom is -0.348 e. The number of carbonyl (C=O) groups excluding carboxylic acids is 2. The van der Waals surface area contributed by atoms with Crippen molar-refractivity contribution in [3.63, 3.8) is 0 Å². The number of aryl methyl sites for hydroxylation is 2. The Morgan fingerprint density at radius 2 is 1.88 bits per heavy atom. The van der Waals surface area contributed by atoms with Crippen LogP contribution in [0.1, 0.15) is 52.0 Å². The van der Waals surface area contributed by atoms with E-state index >= 15 is 0 Å². The van der Waals surface area contributed by atoms with Gasteiger partial charge in [0.15, 0.2) is 0 Å². The SMILES string of the molecule is Cc1ccc(C(=O)NC(=Cc2cccs2)C(=O)NC2CCCC2)cc1C. The second-order valence-corrected chi connectivity index (χ2v) is 7.76. The van der Waals surface area contributed by atoms with Crippen molar-refractivity contribution in [2.45, 2.75) is 45.6 Å². The van der Waals surface area contributed by atoms with Gasteiger partial charge >= 0.3 is 0 Å². The predicted molar refractivity (Wildman–Crippen MR) is 106 cm³/mol. The maximum atomic E-state index is 12.7. The first-order chi connectivity index (χ1) is 12.5. The quantitative estimate of drug-likeness (QED) is 0.777. The molecule has 26 heavy (non-hydrogen) atoms.